The molecule has 31 heavy (non-hydrogen) atoms. The Morgan fingerprint density at radius 2 is 1.81 bits per heavy atom. The first-order chi connectivity index (χ1) is 14.9. The largest absolute Gasteiger partial charge is 0.484 e. The molecule has 0 spiro atoms. The van der Waals surface area contributed by atoms with E-state index < -0.39 is 15.9 Å². The summed E-state index contributed by atoms with van der Waals surface area (Å²) in [4.78, 5) is 23.6. The van der Waals surface area contributed by atoms with Gasteiger partial charge in [0.2, 0.25) is 10.0 Å². The van der Waals surface area contributed by atoms with Gasteiger partial charge in [-0.05, 0) is 35.9 Å². The molecular weight excluding hydrogens is 424 g/mol. The van der Waals surface area contributed by atoms with E-state index in [-0.39, 0.29) is 23.9 Å². The maximum Gasteiger partial charge on any atom is 0.309 e. The molecule has 1 saturated heterocycles. The number of morpholine rings is 1. The van der Waals surface area contributed by atoms with Gasteiger partial charge < -0.3 is 19.5 Å². The van der Waals surface area contributed by atoms with Crippen LogP contribution in [0.5, 0.6) is 5.75 Å². The predicted molar refractivity (Wildman–Crippen MR) is 112 cm³/mol. The number of nitrogens with one attached hydrogen (secondary N) is 1. The van der Waals surface area contributed by atoms with Gasteiger partial charge in [-0.15, -0.1) is 0 Å². The maximum absolute atomic E-state index is 12.8. The van der Waals surface area contributed by atoms with Crippen molar-refractivity contribution in [3.05, 3.63) is 54.1 Å². The molecule has 166 valence electrons. The fourth-order valence-electron chi connectivity index (χ4n) is 2.96. The van der Waals surface area contributed by atoms with Gasteiger partial charge in [0, 0.05) is 18.8 Å². The SMILES string of the molecule is COC(=O)Cc1ccc(OCC(=O)Nc2cccc(S(=O)(=O)N3CCOCC3)c2)cc1. The zero-order valence-electron chi connectivity index (χ0n) is 17.1. The fraction of sp³-hybridized carbons (Fsp3) is 0.333. The van der Waals surface area contributed by atoms with Crippen molar-refractivity contribution in [1.82, 2.24) is 4.31 Å². The van der Waals surface area contributed by atoms with Crippen molar-refractivity contribution < 1.29 is 32.2 Å². The summed E-state index contributed by atoms with van der Waals surface area (Å²) in [5, 5.41) is 2.64. The molecule has 1 heterocycles. The van der Waals surface area contributed by atoms with E-state index >= 15 is 0 Å². The number of anilines is 1. The van der Waals surface area contributed by atoms with E-state index in [1.807, 2.05) is 0 Å². The predicted octanol–water partition coefficient (Wildman–Crippen LogP) is 1.44. The lowest BCUT2D eigenvalue weighted by atomic mass is 10.1. The third kappa shape index (κ3) is 6.27. The van der Waals surface area contributed by atoms with E-state index in [4.69, 9.17) is 9.47 Å². The van der Waals surface area contributed by atoms with Crippen LogP contribution in [0.3, 0.4) is 0 Å². The Bertz CT molecular complexity index is 1020. The second kappa shape index (κ2) is 10.4. The summed E-state index contributed by atoms with van der Waals surface area (Å²) in [6.07, 6.45) is 0.154. The van der Waals surface area contributed by atoms with Crippen LogP contribution in [0, 0.1) is 0 Å². The molecule has 10 heteroatoms. The molecule has 1 fully saturated rings. The summed E-state index contributed by atoms with van der Waals surface area (Å²) in [7, 11) is -2.33. The second-order valence-corrected chi connectivity index (χ2v) is 8.72. The van der Waals surface area contributed by atoms with E-state index in [0.29, 0.717) is 37.7 Å². The van der Waals surface area contributed by atoms with Crippen LogP contribution in [0.2, 0.25) is 0 Å². The summed E-state index contributed by atoms with van der Waals surface area (Å²) >= 11 is 0. The van der Waals surface area contributed by atoms with Crippen molar-refractivity contribution >= 4 is 27.6 Å². The Kier molecular flexibility index (Phi) is 7.61. The first-order valence-electron chi connectivity index (χ1n) is 9.65. The molecule has 9 nitrogen and oxygen atoms in total. The molecule has 3 rings (SSSR count). The summed E-state index contributed by atoms with van der Waals surface area (Å²) in [6.45, 7) is 1.06. The Balaban J connectivity index is 1.56. The van der Waals surface area contributed by atoms with Gasteiger partial charge in [0.05, 0.1) is 31.6 Å². The normalized spacial score (nSPS) is 14.6. The molecular formula is C21H24N2O7S. The molecule has 0 atom stereocenters. The number of sulfonamides is 1. The zero-order valence-corrected chi connectivity index (χ0v) is 17.9. The number of carbonyl (C=O) groups is 2. The molecule has 1 N–H and O–H groups in total. The number of nitrogens with zero attached hydrogens (tertiary/aromatic N) is 1. The summed E-state index contributed by atoms with van der Waals surface area (Å²) in [5.74, 6) is -0.308. The van der Waals surface area contributed by atoms with Crippen molar-refractivity contribution in [3.8, 4) is 5.75 Å². The highest BCUT2D eigenvalue weighted by Crippen LogP contribution is 2.21. The Labute approximate surface area is 181 Å². The van der Waals surface area contributed by atoms with Crippen LogP contribution in [-0.2, 0) is 35.5 Å². The highest BCUT2D eigenvalue weighted by molar-refractivity contribution is 7.89. The minimum Gasteiger partial charge on any atom is -0.484 e. The van der Waals surface area contributed by atoms with Crippen molar-refractivity contribution in [3.63, 3.8) is 0 Å². The van der Waals surface area contributed by atoms with Gasteiger partial charge >= 0.3 is 5.97 Å². The molecule has 0 bridgehead atoms. The number of ether oxygens (including phenoxy) is 3. The Hall–Kier alpha value is -2.95. The summed E-state index contributed by atoms with van der Waals surface area (Å²) in [6, 6.07) is 12.8. The average Bonchev–Trinajstić information content (AvgIpc) is 2.79. The third-order valence-corrected chi connectivity index (χ3v) is 6.49. The minimum atomic E-state index is -3.65. The van der Waals surface area contributed by atoms with Gasteiger partial charge in [-0.2, -0.15) is 4.31 Å². The minimum absolute atomic E-state index is 0.106. The smallest absolute Gasteiger partial charge is 0.309 e. The molecule has 2 aromatic rings. The highest BCUT2D eigenvalue weighted by atomic mass is 32.2. The van der Waals surface area contributed by atoms with E-state index in [9.17, 15) is 18.0 Å². The molecule has 1 amide bonds. The first kappa shape index (κ1) is 22.7. The monoisotopic (exact) mass is 448 g/mol. The third-order valence-electron chi connectivity index (χ3n) is 4.60. The number of carbonyl (C=O) groups excluding carboxylic acids is 2. The van der Waals surface area contributed by atoms with Gasteiger partial charge in [0.15, 0.2) is 6.61 Å². The number of rotatable bonds is 8. The molecule has 2 aromatic carbocycles. The average molecular weight is 448 g/mol. The van der Waals surface area contributed by atoms with Crippen LogP contribution in [0.4, 0.5) is 5.69 Å². The fourth-order valence-corrected chi connectivity index (χ4v) is 4.41. The second-order valence-electron chi connectivity index (χ2n) is 6.78. The standard InChI is InChI=1S/C21H24N2O7S/c1-28-21(25)13-16-5-7-18(8-6-16)30-15-20(24)22-17-3-2-4-19(14-17)31(26,27)23-9-11-29-12-10-23/h2-8,14H,9-13,15H2,1H3,(H,22,24). The highest BCUT2D eigenvalue weighted by Gasteiger charge is 2.26. The van der Waals surface area contributed by atoms with E-state index in [0.717, 1.165) is 5.56 Å². The molecule has 1 aliphatic heterocycles. The van der Waals surface area contributed by atoms with Crippen LogP contribution >= 0.6 is 0 Å². The summed E-state index contributed by atoms with van der Waals surface area (Å²) < 4.78 is 42.1. The zero-order chi connectivity index (χ0) is 22.3. The molecule has 0 unspecified atom stereocenters. The number of methoxy groups -OCH3 is 1. The summed E-state index contributed by atoms with van der Waals surface area (Å²) in [5.41, 5.74) is 1.12. The number of amides is 1. The van der Waals surface area contributed by atoms with Crippen LogP contribution in [0.25, 0.3) is 0 Å². The number of esters is 1. The van der Waals surface area contributed by atoms with Crippen molar-refractivity contribution in [2.24, 2.45) is 0 Å². The van der Waals surface area contributed by atoms with Crippen molar-refractivity contribution in [2.75, 3.05) is 45.3 Å². The van der Waals surface area contributed by atoms with E-state index in [1.54, 1.807) is 36.4 Å². The molecule has 0 radical (unpaired) electrons. The van der Waals surface area contributed by atoms with Crippen LogP contribution < -0.4 is 10.1 Å². The van der Waals surface area contributed by atoms with Crippen molar-refractivity contribution in [1.29, 1.82) is 0 Å². The lowest BCUT2D eigenvalue weighted by molar-refractivity contribution is -0.139. The van der Waals surface area contributed by atoms with Crippen LogP contribution in [-0.4, -0.2) is 64.6 Å². The van der Waals surface area contributed by atoms with Gasteiger partial charge in [0.25, 0.3) is 5.91 Å². The van der Waals surface area contributed by atoms with Gasteiger partial charge in [0.1, 0.15) is 5.75 Å². The van der Waals surface area contributed by atoms with Crippen molar-refractivity contribution in [2.45, 2.75) is 11.3 Å². The quantitative estimate of drug-likeness (QED) is 0.608. The van der Waals surface area contributed by atoms with Crippen LogP contribution in [0.1, 0.15) is 5.56 Å². The van der Waals surface area contributed by atoms with E-state index in [1.165, 1.54) is 23.5 Å². The topological polar surface area (TPSA) is 111 Å². The molecule has 0 saturated carbocycles. The number of hydrogen-bond acceptors (Lipinski definition) is 7. The molecule has 0 aromatic heterocycles. The van der Waals surface area contributed by atoms with Gasteiger partial charge in [-0.1, -0.05) is 18.2 Å². The lowest BCUT2D eigenvalue weighted by Gasteiger charge is -2.26. The number of benzene rings is 2. The van der Waals surface area contributed by atoms with Gasteiger partial charge in [-0.3, -0.25) is 9.59 Å². The Morgan fingerprint density at radius 1 is 1.10 bits per heavy atom. The van der Waals surface area contributed by atoms with E-state index in [2.05, 4.69) is 10.1 Å². The Morgan fingerprint density at radius 3 is 2.48 bits per heavy atom. The molecule has 1 aliphatic rings. The number of hydrogen-bond donors (Lipinski definition) is 1. The maximum atomic E-state index is 12.8. The van der Waals surface area contributed by atoms with Crippen LogP contribution in [0.15, 0.2) is 53.4 Å². The first-order valence-corrected chi connectivity index (χ1v) is 11.1. The lowest BCUT2D eigenvalue weighted by Crippen LogP contribution is -2.40. The van der Waals surface area contributed by atoms with Gasteiger partial charge in [-0.25, -0.2) is 8.42 Å². The molecule has 0 aliphatic carbocycles.